The quantitative estimate of drug-likeness (QED) is 0.705. The summed E-state index contributed by atoms with van der Waals surface area (Å²) >= 11 is 0. The Bertz CT molecular complexity index is 1180. The van der Waals surface area contributed by atoms with Gasteiger partial charge in [-0.2, -0.15) is 0 Å². The molecule has 2 aromatic rings. The number of nitrogens with one attached hydrogen (secondary N) is 3. The Morgan fingerprint density at radius 1 is 1.14 bits per heavy atom. The van der Waals surface area contributed by atoms with Crippen LogP contribution in [0.2, 0.25) is 0 Å². The average molecular weight is 417 g/mol. The van der Waals surface area contributed by atoms with Crippen LogP contribution in [0.3, 0.4) is 0 Å². The zero-order valence-electron chi connectivity index (χ0n) is 16.7. The van der Waals surface area contributed by atoms with E-state index in [9.17, 15) is 22.8 Å². The summed E-state index contributed by atoms with van der Waals surface area (Å²) in [6.45, 7) is 5.62. The minimum absolute atomic E-state index is 0.114. The van der Waals surface area contributed by atoms with Gasteiger partial charge in [-0.25, -0.2) is 8.42 Å². The van der Waals surface area contributed by atoms with E-state index in [1.807, 2.05) is 13.8 Å². The Labute approximate surface area is 168 Å². The summed E-state index contributed by atoms with van der Waals surface area (Å²) < 4.78 is 25.4. The highest BCUT2D eigenvalue weighted by atomic mass is 32.2. The van der Waals surface area contributed by atoms with Gasteiger partial charge in [0.05, 0.1) is 11.9 Å². The molecule has 0 bridgehead atoms. The van der Waals surface area contributed by atoms with Crippen molar-refractivity contribution >= 4 is 33.1 Å². The lowest BCUT2D eigenvalue weighted by Crippen LogP contribution is -2.32. The molecule has 29 heavy (non-hydrogen) atoms. The molecule has 0 aliphatic heterocycles. The second kappa shape index (κ2) is 7.14. The highest BCUT2D eigenvalue weighted by Gasteiger charge is 2.32. The summed E-state index contributed by atoms with van der Waals surface area (Å²) in [4.78, 5) is 40.2. The summed E-state index contributed by atoms with van der Waals surface area (Å²) in [5, 5.41) is 2.59. The van der Waals surface area contributed by atoms with Crippen LogP contribution in [-0.4, -0.2) is 31.3 Å². The van der Waals surface area contributed by atoms with Crippen molar-refractivity contribution in [3.63, 3.8) is 0 Å². The van der Waals surface area contributed by atoms with E-state index in [1.54, 1.807) is 19.1 Å². The molecule has 3 rings (SSSR count). The highest BCUT2D eigenvalue weighted by Crippen LogP contribution is 2.33. The molecule has 8 nitrogen and oxygen atoms in total. The molecule has 0 fully saturated rings. The molecule has 3 N–H and O–H groups in total. The number of H-pyrrole nitrogens is 1. The smallest absolute Gasteiger partial charge is 0.261 e. The van der Waals surface area contributed by atoms with Crippen LogP contribution in [0.1, 0.15) is 52.2 Å². The van der Waals surface area contributed by atoms with Crippen molar-refractivity contribution in [3.8, 4) is 0 Å². The number of amides is 1. The van der Waals surface area contributed by atoms with Crippen LogP contribution in [0.15, 0.2) is 29.1 Å². The maximum absolute atomic E-state index is 12.7. The van der Waals surface area contributed by atoms with E-state index >= 15 is 0 Å². The Hall–Kier alpha value is -2.94. The number of anilines is 2. The van der Waals surface area contributed by atoms with Crippen LogP contribution in [0.25, 0.3) is 0 Å². The number of fused-ring (bicyclic) bond motifs is 1. The van der Waals surface area contributed by atoms with Crippen molar-refractivity contribution in [2.24, 2.45) is 5.41 Å². The SMILES string of the molecule is Cc1ccc(NC(=O)c2cc3c([nH]c2=O)CC(C)(C)CC3=O)cc1NS(C)(=O)=O. The third kappa shape index (κ3) is 4.73. The lowest BCUT2D eigenvalue weighted by Gasteiger charge is -2.29. The molecular formula is C20H23N3O5S. The molecule has 0 radical (unpaired) electrons. The fraction of sp³-hybridized carbons (Fsp3) is 0.350. The standard InChI is InChI=1S/C20H23N3O5S/c1-11-5-6-12(7-15(11)23-29(4,27)28)21-18(25)14-8-13-16(22-19(14)26)9-20(2,3)10-17(13)24/h5-8,23H,9-10H2,1-4H3,(H,21,25)(H,22,26). The molecule has 0 spiro atoms. The van der Waals surface area contributed by atoms with Crippen LogP contribution in [-0.2, 0) is 16.4 Å². The molecule has 1 aromatic carbocycles. The molecule has 9 heteroatoms. The minimum atomic E-state index is -3.48. The van der Waals surface area contributed by atoms with E-state index in [1.165, 1.54) is 12.1 Å². The number of Topliss-reactive ketones (excluding diaryl/α,β-unsaturated/α-hetero) is 1. The molecule has 154 valence electrons. The third-order valence-corrected chi connectivity index (χ3v) is 5.34. The third-order valence-electron chi connectivity index (χ3n) is 4.75. The molecule has 1 aliphatic carbocycles. The molecule has 0 atom stereocenters. The fourth-order valence-corrected chi connectivity index (χ4v) is 4.02. The number of pyridine rings is 1. The Morgan fingerprint density at radius 3 is 2.48 bits per heavy atom. The van der Waals surface area contributed by atoms with Crippen molar-refractivity contribution in [1.29, 1.82) is 0 Å². The topological polar surface area (TPSA) is 125 Å². The first-order valence-corrected chi connectivity index (χ1v) is 10.9. The predicted molar refractivity (Wildman–Crippen MR) is 111 cm³/mol. The number of aryl methyl sites for hydroxylation is 1. The summed E-state index contributed by atoms with van der Waals surface area (Å²) in [6.07, 6.45) is 1.91. The van der Waals surface area contributed by atoms with Gasteiger partial charge in [-0.05, 0) is 42.5 Å². The van der Waals surface area contributed by atoms with Gasteiger partial charge >= 0.3 is 0 Å². The summed E-state index contributed by atoms with van der Waals surface area (Å²) in [5.41, 5.74) is 1.22. The lowest BCUT2D eigenvalue weighted by atomic mass is 9.75. The number of carbonyl (C=O) groups is 2. The molecule has 1 amide bonds. The number of ketones is 1. The van der Waals surface area contributed by atoms with Gasteiger partial charge in [0.15, 0.2) is 5.78 Å². The first-order valence-electron chi connectivity index (χ1n) is 9.04. The summed E-state index contributed by atoms with van der Waals surface area (Å²) in [5.74, 6) is -0.794. The highest BCUT2D eigenvalue weighted by molar-refractivity contribution is 7.92. The monoisotopic (exact) mass is 417 g/mol. The molecule has 0 unspecified atom stereocenters. The van der Waals surface area contributed by atoms with Crippen molar-refractivity contribution in [2.45, 2.75) is 33.6 Å². The maximum Gasteiger partial charge on any atom is 0.261 e. The Balaban J connectivity index is 1.91. The molecular weight excluding hydrogens is 394 g/mol. The van der Waals surface area contributed by atoms with Crippen LogP contribution in [0.4, 0.5) is 11.4 Å². The first-order chi connectivity index (χ1) is 13.3. The van der Waals surface area contributed by atoms with Crippen LogP contribution < -0.4 is 15.6 Å². The van der Waals surface area contributed by atoms with Crippen molar-refractivity contribution in [3.05, 3.63) is 57.0 Å². The van der Waals surface area contributed by atoms with Crippen molar-refractivity contribution < 1.29 is 18.0 Å². The van der Waals surface area contributed by atoms with Gasteiger partial charge in [0, 0.05) is 23.4 Å². The van der Waals surface area contributed by atoms with E-state index < -0.39 is 21.5 Å². The van der Waals surface area contributed by atoms with Crippen LogP contribution >= 0.6 is 0 Å². The maximum atomic E-state index is 12.7. The minimum Gasteiger partial charge on any atom is -0.325 e. The number of aromatic amines is 1. The van der Waals surface area contributed by atoms with Gasteiger partial charge in [-0.15, -0.1) is 0 Å². The zero-order valence-corrected chi connectivity index (χ0v) is 17.5. The van der Waals surface area contributed by atoms with Gasteiger partial charge in [0.25, 0.3) is 11.5 Å². The van der Waals surface area contributed by atoms with Gasteiger partial charge < -0.3 is 10.3 Å². The van der Waals surface area contributed by atoms with E-state index in [2.05, 4.69) is 15.0 Å². The number of hydrogen-bond acceptors (Lipinski definition) is 5. The molecule has 1 heterocycles. The van der Waals surface area contributed by atoms with Gasteiger partial charge in [0.1, 0.15) is 5.56 Å². The second-order valence-corrected chi connectivity index (χ2v) is 9.95. The summed E-state index contributed by atoms with van der Waals surface area (Å²) in [6, 6.07) is 6.05. The molecule has 1 aromatic heterocycles. The van der Waals surface area contributed by atoms with Gasteiger partial charge in [-0.3, -0.25) is 19.1 Å². The number of hydrogen-bond donors (Lipinski definition) is 3. The molecule has 0 saturated heterocycles. The van der Waals surface area contributed by atoms with E-state index in [-0.39, 0.29) is 16.8 Å². The fourth-order valence-electron chi connectivity index (χ4n) is 3.40. The van der Waals surface area contributed by atoms with E-state index in [0.717, 1.165) is 6.26 Å². The molecule has 0 saturated carbocycles. The van der Waals surface area contributed by atoms with Gasteiger partial charge in [-0.1, -0.05) is 19.9 Å². The van der Waals surface area contributed by atoms with Crippen LogP contribution in [0.5, 0.6) is 0 Å². The van der Waals surface area contributed by atoms with Crippen molar-refractivity contribution in [2.75, 3.05) is 16.3 Å². The number of aromatic nitrogens is 1. The number of sulfonamides is 1. The first kappa shape index (κ1) is 20.8. The van der Waals surface area contributed by atoms with E-state index in [0.29, 0.717) is 41.0 Å². The Morgan fingerprint density at radius 2 is 1.83 bits per heavy atom. The summed E-state index contributed by atoms with van der Waals surface area (Å²) in [7, 11) is -3.48. The van der Waals surface area contributed by atoms with E-state index in [4.69, 9.17) is 0 Å². The largest absolute Gasteiger partial charge is 0.325 e. The second-order valence-electron chi connectivity index (χ2n) is 8.20. The van der Waals surface area contributed by atoms with Gasteiger partial charge in [0.2, 0.25) is 10.0 Å². The number of carbonyl (C=O) groups excluding carboxylic acids is 2. The lowest BCUT2D eigenvalue weighted by molar-refractivity contribution is 0.0910. The normalized spacial score (nSPS) is 15.5. The predicted octanol–water partition coefficient (Wildman–Crippen LogP) is 2.46. The Kier molecular flexibility index (Phi) is 5.12. The van der Waals surface area contributed by atoms with Crippen molar-refractivity contribution in [1.82, 2.24) is 4.98 Å². The average Bonchev–Trinajstić information content (AvgIpc) is 2.54. The zero-order chi connectivity index (χ0) is 21.6. The number of rotatable bonds is 4. The van der Waals surface area contributed by atoms with Crippen LogP contribution in [0, 0.1) is 12.3 Å². The number of benzene rings is 1. The molecule has 1 aliphatic rings.